The van der Waals surface area contributed by atoms with Gasteiger partial charge in [-0.15, -0.1) is 0 Å². The third-order valence-electron chi connectivity index (χ3n) is 4.55. The third kappa shape index (κ3) is 3.19. The molecule has 0 radical (unpaired) electrons. The highest BCUT2D eigenvalue weighted by atomic mass is 35.5. The maximum atomic E-state index is 12.7. The van der Waals surface area contributed by atoms with Crippen molar-refractivity contribution in [2.24, 2.45) is 0 Å². The summed E-state index contributed by atoms with van der Waals surface area (Å²) < 4.78 is 7.41. The number of hydrogen-bond donors (Lipinski definition) is 1. The number of furan rings is 1. The Kier molecular flexibility index (Phi) is 4.41. The molecule has 0 fully saturated rings. The molecule has 0 aliphatic rings. The van der Waals surface area contributed by atoms with E-state index < -0.39 is 0 Å². The molecular weight excluding hydrogens is 364 g/mol. The molecule has 4 rings (SSSR count). The molecule has 6 nitrogen and oxygen atoms in total. The van der Waals surface area contributed by atoms with E-state index in [1.165, 1.54) is 6.33 Å². The van der Waals surface area contributed by atoms with Crippen LogP contribution in [0.3, 0.4) is 0 Å². The first-order valence-electron chi connectivity index (χ1n) is 8.48. The zero-order chi connectivity index (χ0) is 19.0. The predicted octanol–water partition coefficient (Wildman–Crippen LogP) is 4.47. The molecule has 0 saturated carbocycles. The van der Waals surface area contributed by atoms with E-state index >= 15 is 0 Å². The van der Waals surface area contributed by atoms with Crippen molar-refractivity contribution in [1.82, 2.24) is 20.1 Å². The van der Waals surface area contributed by atoms with Gasteiger partial charge >= 0.3 is 0 Å². The maximum Gasteiger partial charge on any atom is 0.287 e. The summed E-state index contributed by atoms with van der Waals surface area (Å²) in [6, 6.07) is 13.0. The van der Waals surface area contributed by atoms with Crippen LogP contribution in [0.1, 0.15) is 34.6 Å². The minimum absolute atomic E-state index is 0.189. The lowest BCUT2D eigenvalue weighted by molar-refractivity contribution is 0.0913. The maximum absolute atomic E-state index is 12.7. The molecule has 4 aromatic rings. The van der Waals surface area contributed by atoms with Gasteiger partial charge in [0.05, 0.1) is 16.8 Å². The Morgan fingerprint density at radius 2 is 2.00 bits per heavy atom. The van der Waals surface area contributed by atoms with Crippen LogP contribution in [-0.4, -0.2) is 20.7 Å². The second-order valence-corrected chi connectivity index (χ2v) is 6.71. The monoisotopic (exact) mass is 380 g/mol. The lowest BCUT2D eigenvalue weighted by atomic mass is 10.1. The second kappa shape index (κ2) is 6.89. The number of nitrogens with one attached hydrogen (secondary N) is 1. The van der Waals surface area contributed by atoms with Gasteiger partial charge in [-0.1, -0.05) is 35.9 Å². The Hall–Kier alpha value is -3.12. The summed E-state index contributed by atoms with van der Waals surface area (Å²) in [5, 5.41) is 8.41. The van der Waals surface area contributed by atoms with Gasteiger partial charge in [-0.2, -0.15) is 5.10 Å². The fraction of sp³-hybridized carbons (Fsp3) is 0.150. The van der Waals surface area contributed by atoms with Crippen molar-refractivity contribution in [3.8, 4) is 5.69 Å². The summed E-state index contributed by atoms with van der Waals surface area (Å²) in [7, 11) is 0. The molecule has 1 N–H and O–H groups in total. The van der Waals surface area contributed by atoms with Crippen molar-refractivity contribution in [1.29, 1.82) is 0 Å². The summed E-state index contributed by atoms with van der Waals surface area (Å²) in [6.45, 7) is 3.78. The van der Waals surface area contributed by atoms with E-state index in [4.69, 9.17) is 16.0 Å². The average Bonchev–Trinajstić information content (AvgIpc) is 3.31. The number of carbonyl (C=O) groups excluding carboxylic acids is 1. The lowest BCUT2D eigenvalue weighted by Crippen LogP contribution is -2.26. The van der Waals surface area contributed by atoms with Gasteiger partial charge < -0.3 is 9.73 Å². The summed E-state index contributed by atoms with van der Waals surface area (Å²) in [6.07, 6.45) is 3.12. The van der Waals surface area contributed by atoms with Gasteiger partial charge in [0, 0.05) is 10.9 Å². The first-order chi connectivity index (χ1) is 13.0. The second-order valence-electron chi connectivity index (χ2n) is 6.30. The van der Waals surface area contributed by atoms with Crippen LogP contribution >= 0.6 is 11.6 Å². The van der Waals surface area contributed by atoms with Crippen molar-refractivity contribution in [2.75, 3.05) is 0 Å². The Morgan fingerprint density at radius 1 is 1.22 bits per heavy atom. The highest BCUT2D eigenvalue weighted by Gasteiger charge is 2.20. The minimum Gasteiger partial charge on any atom is -0.449 e. The molecule has 0 bridgehead atoms. The van der Waals surface area contributed by atoms with Crippen molar-refractivity contribution >= 4 is 28.5 Å². The number of amides is 1. The van der Waals surface area contributed by atoms with Gasteiger partial charge in [-0.3, -0.25) is 4.79 Å². The smallest absolute Gasteiger partial charge is 0.287 e. The Labute approximate surface area is 160 Å². The normalized spacial score (nSPS) is 12.3. The van der Waals surface area contributed by atoms with Crippen LogP contribution in [0.2, 0.25) is 5.02 Å². The van der Waals surface area contributed by atoms with Crippen LogP contribution in [0.4, 0.5) is 0 Å². The Balaban J connectivity index is 1.54. The lowest BCUT2D eigenvalue weighted by Gasteiger charge is -2.14. The van der Waals surface area contributed by atoms with Crippen molar-refractivity contribution in [2.45, 2.75) is 19.9 Å². The minimum atomic E-state index is -0.271. The number of nitrogens with zero attached hydrogens (tertiary/aromatic N) is 3. The number of halogens is 1. The molecule has 0 spiro atoms. The molecule has 0 saturated heterocycles. The average molecular weight is 381 g/mol. The summed E-state index contributed by atoms with van der Waals surface area (Å²) >= 11 is 6.17. The number of aromatic nitrogens is 3. The van der Waals surface area contributed by atoms with Crippen molar-refractivity contribution in [3.05, 3.63) is 77.0 Å². The van der Waals surface area contributed by atoms with Crippen LogP contribution < -0.4 is 5.32 Å². The number of fused-ring (bicyclic) bond motifs is 1. The fourth-order valence-corrected chi connectivity index (χ4v) is 3.24. The highest BCUT2D eigenvalue weighted by molar-refractivity contribution is 6.35. The number of carbonyl (C=O) groups is 1. The van der Waals surface area contributed by atoms with Crippen LogP contribution in [0, 0.1) is 6.92 Å². The van der Waals surface area contributed by atoms with E-state index in [0.29, 0.717) is 10.6 Å². The molecule has 1 unspecified atom stereocenters. The highest BCUT2D eigenvalue weighted by Crippen LogP contribution is 2.31. The number of aryl methyl sites for hydroxylation is 1. The molecule has 1 amide bonds. The SMILES string of the molecule is Cc1c(C(=O)NC(C)c2ccc(-n3cncn3)cc2)oc2c(Cl)cccc12. The van der Waals surface area contributed by atoms with Crippen LogP contribution in [0.25, 0.3) is 16.7 Å². The first-order valence-corrected chi connectivity index (χ1v) is 8.86. The van der Waals surface area contributed by atoms with E-state index in [1.807, 2.05) is 50.2 Å². The Morgan fingerprint density at radius 3 is 2.67 bits per heavy atom. The molecule has 2 aromatic carbocycles. The zero-order valence-corrected chi connectivity index (χ0v) is 15.6. The van der Waals surface area contributed by atoms with E-state index in [0.717, 1.165) is 22.2 Å². The molecule has 2 heterocycles. The van der Waals surface area contributed by atoms with E-state index in [9.17, 15) is 4.79 Å². The molecule has 1 atom stereocenters. The molecule has 0 aliphatic heterocycles. The van der Waals surface area contributed by atoms with Gasteiger partial charge in [0.15, 0.2) is 11.3 Å². The Bertz CT molecular complexity index is 1100. The summed E-state index contributed by atoms with van der Waals surface area (Å²) in [5.41, 5.74) is 3.18. The molecular formula is C20H17ClN4O2. The quantitative estimate of drug-likeness (QED) is 0.567. The topological polar surface area (TPSA) is 73.0 Å². The standard InChI is InChI=1S/C20H17ClN4O2/c1-12-16-4-3-5-17(21)19(16)27-18(12)20(26)24-13(2)14-6-8-15(9-7-14)25-11-22-10-23-25/h3-11,13H,1-2H3,(H,24,26). The molecule has 0 aliphatic carbocycles. The van der Waals surface area contributed by atoms with Gasteiger partial charge in [-0.25, -0.2) is 9.67 Å². The number of rotatable bonds is 4. The van der Waals surface area contributed by atoms with Gasteiger partial charge in [-0.05, 0) is 37.6 Å². The molecule has 2 aromatic heterocycles. The van der Waals surface area contributed by atoms with Crippen molar-refractivity contribution < 1.29 is 9.21 Å². The van der Waals surface area contributed by atoms with E-state index in [2.05, 4.69) is 15.4 Å². The van der Waals surface area contributed by atoms with E-state index in [1.54, 1.807) is 17.1 Å². The van der Waals surface area contributed by atoms with Crippen LogP contribution in [0.15, 0.2) is 59.5 Å². The van der Waals surface area contributed by atoms with Crippen LogP contribution in [0.5, 0.6) is 0 Å². The summed E-state index contributed by atoms with van der Waals surface area (Å²) in [5.74, 6) is 0.0109. The van der Waals surface area contributed by atoms with Gasteiger partial charge in [0.1, 0.15) is 12.7 Å². The van der Waals surface area contributed by atoms with Gasteiger partial charge in [0.2, 0.25) is 0 Å². The first kappa shape index (κ1) is 17.3. The largest absolute Gasteiger partial charge is 0.449 e. The number of hydrogen-bond acceptors (Lipinski definition) is 4. The molecule has 27 heavy (non-hydrogen) atoms. The zero-order valence-electron chi connectivity index (χ0n) is 14.8. The van der Waals surface area contributed by atoms with Crippen molar-refractivity contribution in [3.63, 3.8) is 0 Å². The third-order valence-corrected chi connectivity index (χ3v) is 4.84. The number of benzene rings is 2. The van der Waals surface area contributed by atoms with Crippen LogP contribution in [-0.2, 0) is 0 Å². The van der Waals surface area contributed by atoms with E-state index in [-0.39, 0.29) is 17.7 Å². The molecule has 136 valence electrons. The number of para-hydroxylation sites is 1. The molecule has 7 heteroatoms. The van der Waals surface area contributed by atoms with Gasteiger partial charge in [0.25, 0.3) is 5.91 Å². The predicted molar refractivity (Wildman–Crippen MR) is 103 cm³/mol. The summed E-state index contributed by atoms with van der Waals surface area (Å²) in [4.78, 5) is 16.6. The fourth-order valence-electron chi connectivity index (χ4n) is 3.03.